The van der Waals surface area contributed by atoms with Crippen LogP contribution in [-0.2, 0) is 35.2 Å². The molecule has 1 aromatic heterocycles. The number of carbonyl (C=O) groups excluding carboxylic acids is 4. The van der Waals surface area contributed by atoms with Gasteiger partial charge in [-0.15, -0.1) is 0 Å². The summed E-state index contributed by atoms with van der Waals surface area (Å²) in [7, 11) is 0. The van der Waals surface area contributed by atoms with E-state index < -0.39 is 72.6 Å². The van der Waals surface area contributed by atoms with Gasteiger partial charge >= 0.3 is 11.9 Å². The van der Waals surface area contributed by atoms with Gasteiger partial charge in [0.2, 0.25) is 23.6 Å². The third kappa shape index (κ3) is 7.26. The molecule has 2 rings (SSSR count). The van der Waals surface area contributed by atoms with Crippen molar-refractivity contribution >= 4 is 35.6 Å². The number of hydrogen-bond donors (Lipinski definition) is 7. The number of aromatic amines is 1. The maximum atomic E-state index is 13.2. The van der Waals surface area contributed by atoms with E-state index in [-0.39, 0.29) is 19.4 Å². The number of carboxylic acids is 2. The first-order chi connectivity index (χ1) is 16.0. The minimum absolute atomic E-state index is 0.0949. The van der Waals surface area contributed by atoms with Crippen molar-refractivity contribution in [1.82, 2.24) is 25.5 Å². The van der Waals surface area contributed by atoms with Crippen molar-refractivity contribution in [2.45, 2.75) is 56.3 Å². The van der Waals surface area contributed by atoms with E-state index in [1.807, 2.05) is 0 Å². The van der Waals surface area contributed by atoms with Crippen LogP contribution in [0.5, 0.6) is 0 Å². The second-order valence-electron chi connectivity index (χ2n) is 7.81. The summed E-state index contributed by atoms with van der Waals surface area (Å²) in [6, 6.07) is -5.38. The number of primary amides is 1. The molecule has 1 aliphatic rings. The zero-order chi connectivity index (χ0) is 25.4. The van der Waals surface area contributed by atoms with E-state index in [1.54, 1.807) is 0 Å². The van der Waals surface area contributed by atoms with E-state index in [1.165, 1.54) is 12.5 Å². The number of imidazole rings is 1. The molecule has 2 heterocycles. The first-order valence-corrected chi connectivity index (χ1v) is 10.4. The Morgan fingerprint density at radius 1 is 1.12 bits per heavy atom. The highest BCUT2D eigenvalue weighted by Gasteiger charge is 2.39. The number of nitrogens with two attached hydrogens (primary N) is 2. The second-order valence-corrected chi connectivity index (χ2v) is 7.81. The minimum Gasteiger partial charge on any atom is -0.481 e. The van der Waals surface area contributed by atoms with Gasteiger partial charge in [0.25, 0.3) is 0 Å². The Hall–Kier alpha value is -4.01. The van der Waals surface area contributed by atoms with Crippen molar-refractivity contribution in [2.24, 2.45) is 11.5 Å². The third-order valence-corrected chi connectivity index (χ3v) is 5.18. The van der Waals surface area contributed by atoms with Crippen molar-refractivity contribution in [2.75, 3.05) is 6.54 Å². The van der Waals surface area contributed by atoms with E-state index in [0.717, 1.165) is 4.90 Å². The van der Waals surface area contributed by atoms with E-state index in [0.29, 0.717) is 12.1 Å². The summed E-state index contributed by atoms with van der Waals surface area (Å²) in [6.45, 7) is 0.169. The van der Waals surface area contributed by atoms with Gasteiger partial charge in [0.05, 0.1) is 25.2 Å². The lowest BCUT2D eigenvalue weighted by Gasteiger charge is -2.28. The van der Waals surface area contributed by atoms with Gasteiger partial charge in [0.15, 0.2) is 0 Å². The molecule has 34 heavy (non-hydrogen) atoms. The normalized spacial score (nSPS) is 17.9. The molecule has 0 spiro atoms. The van der Waals surface area contributed by atoms with Gasteiger partial charge in [-0.05, 0) is 12.8 Å². The molecular formula is C19H27N7O8. The number of nitrogens with zero attached hydrogens (tertiary/aromatic N) is 2. The molecule has 1 aromatic rings. The van der Waals surface area contributed by atoms with Crippen molar-refractivity contribution < 1.29 is 39.0 Å². The fourth-order valence-corrected chi connectivity index (χ4v) is 3.55. The number of hydrogen-bond acceptors (Lipinski definition) is 8. The molecule has 4 atom stereocenters. The number of rotatable bonds is 12. The zero-order valence-corrected chi connectivity index (χ0v) is 18.1. The molecule has 0 bridgehead atoms. The van der Waals surface area contributed by atoms with Gasteiger partial charge in [-0.25, -0.2) is 9.78 Å². The second kappa shape index (κ2) is 11.7. The first-order valence-electron chi connectivity index (χ1n) is 10.4. The summed E-state index contributed by atoms with van der Waals surface area (Å²) in [5.41, 5.74) is 11.0. The topological polar surface area (TPSA) is 251 Å². The molecule has 0 aromatic carbocycles. The Balaban J connectivity index is 2.22. The minimum atomic E-state index is -1.63. The van der Waals surface area contributed by atoms with Crippen molar-refractivity contribution in [3.8, 4) is 0 Å². The van der Waals surface area contributed by atoms with Crippen LogP contribution in [-0.4, -0.2) is 91.4 Å². The van der Waals surface area contributed by atoms with Crippen LogP contribution < -0.4 is 22.1 Å². The predicted molar refractivity (Wildman–Crippen MR) is 113 cm³/mol. The number of carboxylic acid groups (broad SMARTS) is 2. The molecule has 0 aliphatic carbocycles. The van der Waals surface area contributed by atoms with E-state index in [4.69, 9.17) is 16.6 Å². The molecule has 9 N–H and O–H groups in total. The molecule has 186 valence electrons. The maximum absolute atomic E-state index is 13.2. The average molecular weight is 481 g/mol. The molecule has 4 amide bonds. The van der Waals surface area contributed by atoms with E-state index >= 15 is 0 Å². The Kier molecular flexibility index (Phi) is 9.06. The van der Waals surface area contributed by atoms with Crippen molar-refractivity contribution in [3.63, 3.8) is 0 Å². The monoisotopic (exact) mass is 481 g/mol. The number of H-pyrrole nitrogens is 1. The highest BCUT2D eigenvalue weighted by atomic mass is 16.4. The standard InChI is InChI=1S/C19H27N7O8/c20-10(5-14(21)27)16(30)24-11(6-15(28)29)17(31)25-12(4-9-7-22-8-23-9)18(32)26-3-1-2-13(26)19(33)34/h7-8,10-13H,1-6,20H2,(H2,21,27)(H,22,23)(H,24,30)(H,25,31)(H,28,29)(H,33,34). The first kappa shape index (κ1) is 26.2. The summed E-state index contributed by atoms with van der Waals surface area (Å²) in [5, 5.41) is 23.1. The van der Waals surface area contributed by atoms with Crippen molar-refractivity contribution in [3.05, 3.63) is 18.2 Å². The lowest BCUT2D eigenvalue weighted by Crippen LogP contribution is -2.58. The lowest BCUT2D eigenvalue weighted by molar-refractivity contribution is -0.149. The van der Waals surface area contributed by atoms with Crippen LogP contribution in [0.4, 0.5) is 0 Å². The fraction of sp³-hybridized carbons (Fsp3) is 0.526. The van der Waals surface area contributed by atoms with Gasteiger partial charge in [-0.1, -0.05) is 0 Å². The number of likely N-dealkylation sites (tertiary alicyclic amines) is 1. The molecule has 0 saturated carbocycles. The van der Waals surface area contributed by atoms with Gasteiger partial charge in [0, 0.05) is 24.9 Å². The molecule has 1 saturated heterocycles. The number of carbonyl (C=O) groups is 6. The van der Waals surface area contributed by atoms with Gasteiger partial charge in [-0.2, -0.15) is 0 Å². The highest BCUT2D eigenvalue weighted by molar-refractivity contribution is 5.96. The average Bonchev–Trinajstić information content (AvgIpc) is 3.43. The predicted octanol–water partition coefficient (Wildman–Crippen LogP) is -3.33. The van der Waals surface area contributed by atoms with Crippen LogP contribution in [0.1, 0.15) is 31.4 Å². The van der Waals surface area contributed by atoms with Crippen LogP contribution in [0.15, 0.2) is 12.5 Å². The summed E-state index contributed by atoms with van der Waals surface area (Å²) >= 11 is 0. The Labute approximate surface area is 193 Å². The number of aromatic nitrogens is 2. The number of nitrogens with one attached hydrogen (secondary N) is 3. The summed E-state index contributed by atoms with van der Waals surface area (Å²) in [5.74, 6) is -6.15. The quantitative estimate of drug-likeness (QED) is 0.156. The zero-order valence-electron chi connectivity index (χ0n) is 18.1. The lowest BCUT2D eigenvalue weighted by atomic mass is 10.1. The Morgan fingerprint density at radius 3 is 2.35 bits per heavy atom. The Morgan fingerprint density at radius 2 is 1.79 bits per heavy atom. The van der Waals surface area contributed by atoms with Crippen LogP contribution in [0.2, 0.25) is 0 Å². The van der Waals surface area contributed by atoms with E-state index in [2.05, 4.69) is 20.6 Å². The van der Waals surface area contributed by atoms with E-state index in [9.17, 15) is 33.9 Å². The molecule has 4 unspecified atom stereocenters. The molecule has 15 nitrogen and oxygen atoms in total. The summed E-state index contributed by atoms with van der Waals surface area (Å²) in [4.78, 5) is 79.8. The number of aliphatic carboxylic acids is 2. The van der Waals surface area contributed by atoms with Gasteiger partial charge in [0.1, 0.15) is 18.1 Å². The Bertz CT molecular complexity index is 935. The van der Waals surface area contributed by atoms with Crippen LogP contribution in [0, 0.1) is 0 Å². The van der Waals surface area contributed by atoms with Crippen LogP contribution in [0.25, 0.3) is 0 Å². The van der Waals surface area contributed by atoms with Crippen molar-refractivity contribution in [1.29, 1.82) is 0 Å². The SMILES string of the molecule is NC(=O)CC(N)C(=O)NC(CC(=O)O)C(=O)NC(Cc1cnc[nH]1)C(=O)N1CCCC1C(=O)O. The third-order valence-electron chi connectivity index (χ3n) is 5.18. The molecule has 0 radical (unpaired) electrons. The smallest absolute Gasteiger partial charge is 0.326 e. The fourth-order valence-electron chi connectivity index (χ4n) is 3.55. The molecule has 1 aliphatic heterocycles. The highest BCUT2D eigenvalue weighted by Crippen LogP contribution is 2.19. The molecular weight excluding hydrogens is 454 g/mol. The van der Waals surface area contributed by atoms with Gasteiger partial charge in [-0.3, -0.25) is 24.0 Å². The van der Waals surface area contributed by atoms with Crippen LogP contribution in [0.3, 0.4) is 0 Å². The van der Waals surface area contributed by atoms with Crippen LogP contribution >= 0.6 is 0 Å². The molecule has 15 heteroatoms. The summed E-state index contributed by atoms with van der Waals surface area (Å²) < 4.78 is 0. The largest absolute Gasteiger partial charge is 0.481 e. The number of amides is 4. The summed E-state index contributed by atoms with van der Waals surface area (Å²) in [6.07, 6.45) is 2.01. The molecule has 1 fully saturated rings. The van der Waals surface area contributed by atoms with Gasteiger partial charge < -0.3 is 42.2 Å². The maximum Gasteiger partial charge on any atom is 0.326 e.